The number of nitrogens with zero attached hydrogens (tertiary/aromatic N) is 1. The van der Waals surface area contributed by atoms with Gasteiger partial charge >= 0.3 is 5.97 Å². The number of rotatable bonds is 4. The van der Waals surface area contributed by atoms with Gasteiger partial charge in [0.15, 0.2) is 0 Å². The number of carboxylic acid groups (broad SMARTS) is 1. The number of hydrazone groups is 1. The van der Waals surface area contributed by atoms with Crippen molar-refractivity contribution in [2.75, 3.05) is 0 Å². The van der Waals surface area contributed by atoms with Crippen molar-refractivity contribution in [3.8, 4) is 0 Å². The largest absolute Gasteiger partial charge is 0.478 e. The second-order valence-electron chi connectivity index (χ2n) is 3.98. The predicted octanol–water partition coefficient (Wildman–Crippen LogP) is 2.05. The van der Waals surface area contributed by atoms with Gasteiger partial charge in [0.05, 0.1) is 23.6 Å². The highest BCUT2D eigenvalue weighted by molar-refractivity contribution is 5.99. The molecule has 0 aliphatic carbocycles. The smallest absolute Gasteiger partial charge is 0.336 e. The Morgan fingerprint density at radius 2 is 2.00 bits per heavy atom. The lowest BCUT2D eigenvalue weighted by molar-refractivity contribution is 0.0696. The molecule has 2 rings (SSSR count). The third kappa shape index (κ3) is 2.92. The first-order valence-corrected chi connectivity index (χ1v) is 5.79. The monoisotopic (exact) mass is 272 g/mol. The highest BCUT2D eigenvalue weighted by Crippen LogP contribution is 2.08. The van der Waals surface area contributed by atoms with Crippen LogP contribution in [0.3, 0.4) is 0 Å². The summed E-state index contributed by atoms with van der Waals surface area (Å²) in [6, 6.07) is 7.91. The highest BCUT2D eigenvalue weighted by atomic mass is 16.4. The molecule has 0 aliphatic rings. The molecule has 6 heteroatoms. The van der Waals surface area contributed by atoms with Crippen LogP contribution >= 0.6 is 0 Å². The van der Waals surface area contributed by atoms with Crippen LogP contribution in [0, 0.1) is 6.92 Å². The van der Waals surface area contributed by atoms with E-state index in [1.54, 1.807) is 25.1 Å². The Hall–Kier alpha value is -2.89. The fourth-order valence-electron chi connectivity index (χ4n) is 1.65. The SMILES string of the molecule is Cc1occc1C(=O)NN=Cc1ccccc1C(=O)O. The summed E-state index contributed by atoms with van der Waals surface area (Å²) in [6.07, 6.45) is 2.70. The quantitative estimate of drug-likeness (QED) is 0.658. The second-order valence-corrected chi connectivity index (χ2v) is 3.98. The van der Waals surface area contributed by atoms with E-state index in [2.05, 4.69) is 10.5 Å². The van der Waals surface area contributed by atoms with Crippen LogP contribution in [0.25, 0.3) is 0 Å². The fraction of sp³-hybridized carbons (Fsp3) is 0.0714. The van der Waals surface area contributed by atoms with Crippen molar-refractivity contribution in [2.45, 2.75) is 6.92 Å². The van der Waals surface area contributed by atoms with E-state index < -0.39 is 11.9 Å². The number of benzene rings is 1. The second kappa shape index (κ2) is 5.83. The van der Waals surface area contributed by atoms with Gasteiger partial charge in [0.2, 0.25) is 0 Å². The standard InChI is InChI=1S/C14H12N2O4/c1-9-11(6-7-20-9)13(17)16-15-8-10-4-2-3-5-12(10)14(18)19/h2-8H,1H3,(H,16,17)(H,18,19). The maximum atomic E-state index is 11.7. The molecule has 0 spiro atoms. The zero-order valence-electron chi connectivity index (χ0n) is 10.7. The van der Waals surface area contributed by atoms with Gasteiger partial charge in [-0.05, 0) is 19.1 Å². The third-order valence-electron chi connectivity index (χ3n) is 2.66. The molecule has 0 atom stereocenters. The zero-order valence-corrected chi connectivity index (χ0v) is 10.7. The average Bonchev–Trinajstić information content (AvgIpc) is 2.85. The highest BCUT2D eigenvalue weighted by Gasteiger charge is 2.10. The molecule has 0 unspecified atom stereocenters. The minimum Gasteiger partial charge on any atom is -0.478 e. The summed E-state index contributed by atoms with van der Waals surface area (Å²) in [5.74, 6) is -0.979. The Bertz CT molecular complexity index is 673. The first-order chi connectivity index (χ1) is 9.59. The summed E-state index contributed by atoms with van der Waals surface area (Å²) < 4.78 is 5.01. The lowest BCUT2D eigenvalue weighted by Gasteiger charge is -2.00. The topological polar surface area (TPSA) is 91.9 Å². The first kappa shape index (κ1) is 13.5. The van der Waals surface area contributed by atoms with E-state index in [9.17, 15) is 9.59 Å². The molecule has 6 nitrogen and oxygen atoms in total. The van der Waals surface area contributed by atoms with Crippen LogP contribution in [-0.2, 0) is 0 Å². The fourth-order valence-corrected chi connectivity index (χ4v) is 1.65. The number of hydrogen-bond acceptors (Lipinski definition) is 4. The van der Waals surface area contributed by atoms with Gasteiger partial charge in [-0.1, -0.05) is 18.2 Å². The first-order valence-electron chi connectivity index (χ1n) is 5.79. The molecule has 102 valence electrons. The molecule has 1 amide bonds. The summed E-state index contributed by atoms with van der Waals surface area (Å²) in [5, 5.41) is 12.8. The van der Waals surface area contributed by atoms with Crippen molar-refractivity contribution in [1.29, 1.82) is 0 Å². The Morgan fingerprint density at radius 3 is 2.65 bits per heavy atom. The molecule has 2 aromatic rings. The minimum absolute atomic E-state index is 0.116. The van der Waals surface area contributed by atoms with E-state index in [1.807, 2.05) is 0 Å². The molecule has 0 radical (unpaired) electrons. The predicted molar refractivity (Wildman–Crippen MR) is 71.9 cm³/mol. The molecule has 1 aromatic carbocycles. The molecule has 1 aromatic heterocycles. The summed E-state index contributed by atoms with van der Waals surface area (Å²) in [7, 11) is 0. The lowest BCUT2D eigenvalue weighted by atomic mass is 10.1. The number of aryl methyl sites for hydroxylation is 1. The van der Waals surface area contributed by atoms with Crippen molar-refractivity contribution < 1.29 is 19.1 Å². The Morgan fingerprint density at radius 1 is 1.25 bits per heavy atom. The van der Waals surface area contributed by atoms with E-state index in [1.165, 1.54) is 24.6 Å². The van der Waals surface area contributed by atoms with Gasteiger partial charge in [-0.25, -0.2) is 10.2 Å². The Kier molecular flexibility index (Phi) is 3.95. The normalized spacial score (nSPS) is 10.7. The van der Waals surface area contributed by atoms with Gasteiger partial charge in [-0.3, -0.25) is 4.79 Å². The molecule has 0 saturated carbocycles. The maximum Gasteiger partial charge on any atom is 0.336 e. The molecule has 20 heavy (non-hydrogen) atoms. The number of hydrogen-bond donors (Lipinski definition) is 2. The number of carbonyl (C=O) groups is 2. The Balaban J connectivity index is 2.10. The van der Waals surface area contributed by atoms with Crippen LogP contribution in [0.5, 0.6) is 0 Å². The van der Waals surface area contributed by atoms with Crippen LogP contribution in [0.2, 0.25) is 0 Å². The van der Waals surface area contributed by atoms with E-state index in [0.717, 1.165) is 0 Å². The molecule has 0 fully saturated rings. The molecule has 0 aliphatic heterocycles. The van der Waals surface area contributed by atoms with E-state index in [0.29, 0.717) is 16.9 Å². The molecule has 0 saturated heterocycles. The molecular formula is C14H12N2O4. The maximum absolute atomic E-state index is 11.7. The molecular weight excluding hydrogens is 260 g/mol. The lowest BCUT2D eigenvalue weighted by Crippen LogP contribution is -2.18. The number of carbonyl (C=O) groups excluding carboxylic acids is 1. The summed E-state index contributed by atoms with van der Waals surface area (Å²) in [6.45, 7) is 1.67. The van der Waals surface area contributed by atoms with Crippen LogP contribution in [-0.4, -0.2) is 23.2 Å². The summed E-state index contributed by atoms with van der Waals surface area (Å²) in [4.78, 5) is 22.7. The summed E-state index contributed by atoms with van der Waals surface area (Å²) >= 11 is 0. The van der Waals surface area contributed by atoms with Crippen LogP contribution < -0.4 is 5.43 Å². The van der Waals surface area contributed by atoms with E-state index in [-0.39, 0.29) is 5.56 Å². The van der Waals surface area contributed by atoms with Gasteiger partial charge in [0.1, 0.15) is 5.76 Å². The van der Waals surface area contributed by atoms with Gasteiger partial charge in [-0.2, -0.15) is 5.10 Å². The third-order valence-corrected chi connectivity index (χ3v) is 2.66. The van der Waals surface area contributed by atoms with Crippen molar-refractivity contribution >= 4 is 18.1 Å². The number of furan rings is 1. The number of carboxylic acids is 1. The van der Waals surface area contributed by atoms with Crippen LogP contribution in [0.4, 0.5) is 0 Å². The van der Waals surface area contributed by atoms with Crippen molar-refractivity contribution in [2.24, 2.45) is 5.10 Å². The van der Waals surface area contributed by atoms with Crippen molar-refractivity contribution in [3.05, 3.63) is 59.0 Å². The van der Waals surface area contributed by atoms with E-state index in [4.69, 9.17) is 9.52 Å². The number of amides is 1. The van der Waals surface area contributed by atoms with Crippen LogP contribution in [0.15, 0.2) is 46.1 Å². The van der Waals surface area contributed by atoms with Gasteiger partial charge in [-0.15, -0.1) is 0 Å². The zero-order chi connectivity index (χ0) is 14.5. The molecule has 0 bridgehead atoms. The number of nitrogens with one attached hydrogen (secondary N) is 1. The summed E-state index contributed by atoms with van der Waals surface area (Å²) in [5.41, 5.74) is 3.22. The van der Waals surface area contributed by atoms with Gasteiger partial charge in [0, 0.05) is 5.56 Å². The molecule has 2 N–H and O–H groups in total. The Labute approximate surface area is 114 Å². The average molecular weight is 272 g/mol. The minimum atomic E-state index is -1.05. The molecule has 1 heterocycles. The van der Waals surface area contributed by atoms with Crippen molar-refractivity contribution in [1.82, 2.24) is 5.43 Å². The van der Waals surface area contributed by atoms with Gasteiger partial charge < -0.3 is 9.52 Å². The van der Waals surface area contributed by atoms with Crippen molar-refractivity contribution in [3.63, 3.8) is 0 Å². The van der Waals surface area contributed by atoms with Crippen LogP contribution in [0.1, 0.15) is 32.0 Å². The number of aromatic carboxylic acids is 1. The van der Waals surface area contributed by atoms with Gasteiger partial charge in [0.25, 0.3) is 5.91 Å². The van der Waals surface area contributed by atoms with E-state index >= 15 is 0 Å².